The van der Waals surface area contributed by atoms with Crippen LogP contribution in [0.4, 0.5) is 0 Å². The highest BCUT2D eigenvalue weighted by molar-refractivity contribution is 6.31. The average Bonchev–Trinajstić information content (AvgIpc) is 2.47. The van der Waals surface area contributed by atoms with E-state index in [-0.39, 0.29) is 0 Å². The molecule has 1 saturated heterocycles. The Morgan fingerprint density at radius 1 is 1.30 bits per heavy atom. The lowest BCUT2D eigenvalue weighted by Crippen LogP contribution is -2.41. The van der Waals surface area contributed by atoms with E-state index in [1.807, 2.05) is 31.2 Å². The van der Waals surface area contributed by atoms with Gasteiger partial charge >= 0.3 is 11.9 Å². The molecule has 2 rings (SSSR count). The second kappa shape index (κ2) is 6.41. The number of ether oxygens (including phenoxy) is 1. The largest absolute Gasteiger partial charge is 0.494 e. The van der Waals surface area contributed by atoms with Crippen LogP contribution in [-0.4, -0.2) is 41.6 Å². The van der Waals surface area contributed by atoms with Crippen molar-refractivity contribution < 1.29 is 19.4 Å². The molecule has 20 heavy (non-hydrogen) atoms. The molecule has 0 radical (unpaired) electrons. The van der Waals surface area contributed by atoms with Gasteiger partial charge in [0.2, 0.25) is 0 Å². The van der Waals surface area contributed by atoms with Crippen LogP contribution >= 0.6 is 0 Å². The minimum absolute atomic E-state index is 0.315. The van der Waals surface area contributed by atoms with Crippen molar-refractivity contribution in [3.8, 4) is 5.75 Å². The zero-order chi connectivity index (χ0) is 14.5. The molecule has 0 aliphatic carbocycles. The summed E-state index contributed by atoms with van der Waals surface area (Å²) in [6.07, 6.45) is 1.53. The van der Waals surface area contributed by atoms with Crippen molar-refractivity contribution in [2.45, 2.75) is 25.7 Å². The summed E-state index contributed by atoms with van der Waals surface area (Å²) in [4.78, 5) is 23.5. The van der Waals surface area contributed by atoms with Crippen LogP contribution in [0.2, 0.25) is 0 Å². The number of carbonyl (C=O) groups excluding carboxylic acids is 1. The maximum Gasteiger partial charge on any atom is 0.394 e. The fraction of sp³-hybridized carbons (Fsp3) is 0.467. The average molecular weight is 277 g/mol. The van der Waals surface area contributed by atoms with Crippen LogP contribution in [0.25, 0.3) is 0 Å². The lowest BCUT2D eigenvalue weighted by Gasteiger charge is -2.31. The fourth-order valence-electron chi connectivity index (χ4n) is 2.63. The third-order valence-electron chi connectivity index (χ3n) is 3.62. The smallest absolute Gasteiger partial charge is 0.394 e. The van der Waals surface area contributed by atoms with Crippen molar-refractivity contribution in [2.24, 2.45) is 0 Å². The van der Waals surface area contributed by atoms with E-state index in [4.69, 9.17) is 9.84 Å². The molecular formula is C15H19NO4. The SMILES string of the molecule is CCOc1ccccc1C1CCN(C(=O)C(=O)O)CC1. The van der Waals surface area contributed by atoms with Crippen molar-refractivity contribution in [1.29, 1.82) is 0 Å². The van der Waals surface area contributed by atoms with Crippen LogP contribution in [0, 0.1) is 0 Å². The van der Waals surface area contributed by atoms with Crippen molar-refractivity contribution in [3.63, 3.8) is 0 Å². The highest BCUT2D eigenvalue weighted by Gasteiger charge is 2.28. The Balaban J connectivity index is 2.04. The number of para-hydroxylation sites is 1. The molecule has 1 heterocycles. The lowest BCUT2D eigenvalue weighted by molar-refractivity contribution is -0.156. The number of carboxylic acids is 1. The Morgan fingerprint density at radius 3 is 2.55 bits per heavy atom. The molecule has 0 saturated carbocycles. The molecule has 0 bridgehead atoms. The summed E-state index contributed by atoms with van der Waals surface area (Å²) in [5.41, 5.74) is 1.15. The van der Waals surface area contributed by atoms with Crippen molar-refractivity contribution >= 4 is 11.9 Å². The van der Waals surface area contributed by atoms with Crippen LogP contribution in [0.15, 0.2) is 24.3 Å². The van der Waals surface area contributed by atoms with E-state index < -0.39 is 11.9 Å². The van der Waals surface area contributed by atoms with Crippen LogP contribution in [0.1, 0.15) is 31.2 Å². The minimum atomic E-state index is -1.38. The summed E-state index contributed by atoms with van der Waals surface area (Å²) in [6, 6.07) is 7.92. The standard InChI is InChI=1S/C15H19NO4/c1-2-20-13-6-4-3-5-12(13)11-7-9-16(10-8-11)14(17)15(18)19/h3-6,11H,2,7-10H2,1H3,(H,18,19). The van der Waals surface area contributed by atoms with Gasteiger partial charge in [0.1, 0.15) is 5.75 Å². The van der Waals surface area contributed by atoms with Gasteiger partial charge in [-0.3, -0.25) is 4.79 Å². The molecule has 5 heteroatoms. The molecule has 108 valence electrons. The summed E-state index contributed by atoms with van der Waals surface area (Å²) in [7, 11) is 0. The number of benzene rings is 1. The number of hydrogen-bond donors (Lipinski definition) is 1. The van der Waals surface area contributed by atoms with Gasteiger partial charge in [0.25, 0.3) is 0 Å². The first-order valence-electron chi connectivity index (χ1n) is 6.87. The van der Waals surface area contributed by atoms with Gasteiger partial charge in [0.15, 0.2) is 0 Å². The van der Waals surface area contributed by atoms with Gasteiger partial charge in [0, 0.05) is 13.1 Å². The highest BCUT2D eigenvalue weighted by Crippen LogP contribution is 2.34. The maximum atomic E-state index is 11.4. The lowest BCUT2D eigenvalue weighted by atomic mass is 9.89. The number of nitrogens with zero attached hydrogens (tertiary/aromatic N) is 1. The van der Waals surface area contributed by atoms with E-state index >= 15 is 0 Å². The summed E-state index contributed by atoms with van der Waals surface area (Å²) in [6.45, 7) is 3.53. The monoisotopic (exact) mass is 277 g/mol. The van der Waals surface area contributed by atoms with Gasteiger partial charge in [0.05, 0.1) is 6.61 Å². The molecule has 1 fully saturated rings. The summed E-state index contributed by atoms with van der Waals surface area (Å²) >= 11 is 0. The Kier molecular flexibility index (Phi) is 4.61. The number of rotatable bonds is 3. The highest BCUT2D eigenvalue weighted by atomic mass is 16.5. The zero-order valence-corrected chi connectivity index (χ0v) is 11.5. The predicted octanol–water partition coefficient (Wildman–Crippen LogP) is 1.88. The van der Waals surface area contributed by atoms with E-state index in [9.17, 15) is 9.59 Å². The Hall–Kier alpha value is -2.04. The van der Waals surface area contributed by atoms with Crippen molar-refractivity contribution in [3.05, 3.63) is 29.8 Å². The fourth-order valence-corrected chi connectivity index (χ4v) is 2.63. The number of amides is 1. The van der Waals surface area contributed by atoms with E-state index in [2.05, 4.69) is 0 Å². The van der Waals surface area contributed by atoms with Gasteiger partial charge in [-0.25, -0.2) is 4.79 Å². The maximum absolute atomic E-state index is 11.4. The molecule has 1 aliphatic rings. The normalized spacial score (nSPS) is 15.9. The van der Waals surface area contributed by atoms with E-state index in [0.717, 1.165) is 24.2 Å². The zero-order valence-electron chi connectivity index (χ0n) is 11.5. The van der Waals surface area contributed by atoms with Crippen LogP contribution in [-0.2, 0) is 9.59 Å². The van der Waals surface area contributed by atoms with Gasteiger partial charge in [-0.05, 0) is 37.3 Å². The van der Waals surface area contributed by atoms with Crippen LogP contribution < -0.4 is 4.74 Å². The summed E-state index contributed by atoms with van der Waals surface area (Å²) < 4.78 is 5.63. The second-order valence-corrected chi connectivity index (χ2v) is 4.84. The summed E-state index contributed by atoms with van der Waals surface area (Å²) in [5, 5.41) is 8.72. The second-order valence-electron chi connectivity index (χ2n) is 4.84. The molecule has 0 spiro atoms. The number of likely N-dealkylation sites (tertiary alicyclic amines) is 1. The molecule has 0 unspecified atom stereocenters. The van der Waals surface area contributed by atoms with E-state index in [1.54, 1.807) is 0 Å². The third kappa shape index (κ3) is 3.10. The number of aliphatic carboxylic acids is 1. The minimum Gasteiger partial charge on any atom is -0.494 e. The topological polar surface area (TPSA) is 66.8 Å². The Morgan fingerprint density at radius 2 is 1.95 bits per heavy atom. The Labute approximate surface area is 118 Å². The van der Waals surface area contributed by atoms with Crippen molar-refractivity contribution in [1.82, 2.24) is 4.90 Å². The number of piperidine rings is 1. The van der Waals surface area contributed by atoms with Crippen LogP contribution in [0.5, 0.6) is 5.75 Å². The third-order valence-corrected chi connectivity index (χ3v) is 3.62. The number of carbonyl (C=O) groups is 2. The van der Waals surface area contributed by atoms with Crippen molar-refractivity contribution in [2.75, 3.05) is 19.7 Å². The summed E-state index contributed by atoms with van der Waals surface area (Å²) in [5.74, 6) is -0.978. The van der Waals surface area contributed by atoms with Gasteiger partial charge in [-0.1, -0.05) is 18.2 Å². The Bertz CT molecular complexity index is 492. The predicted molar refractivity (Wildman–Crippen MR) is 73.8 cm³/mol. The first-order valence-corrected chi connectivity index (χ1v) is 6.87. The van der Waals surface area contributed by atoms with E-state index in [1.165, 1.54) is 4.90 Å². The molecule has 1 amide bonds. The first-order chi connectivity index (χ1) is 9.63. The first kappa shape index (κ1) is 14.4. The van der Waals surface area contributed by atoms with Gasteiger partial charge in [-0.2, -0.15) is 0 Å². The van der Waals surface area contributed by atoms with E-state index in [0.29, 0.717) is 25.6 Å². The van der Waals surface area contributed by atoms with Gasteiger partial charge in [-0.15, -0.1) is 0 Å². The number of hydrogen-bond acceptors (Lipinski definition) is 3. The van der Waals surface area contributed by atoms with Gasteiger partial charge < -0.3 is 14.7 Å². The molecular weight excluding hydrogens is 258 g/mol. The molecule has 5 nitrogen and oxygen atoms in total. The molecule has 1 aromatic rings. The number of carboxylic acid groups (broad SMARTS) is 1. The molecule has 0 atom stereocenters. The molecule has 1 aliphatic heterocycles. The molecule has 1 N–H and O–H groups in total. The molecule has 0 aromatic heterocycles. The van der Waals surface area contributed by atoms with Crippen LogP contribution in [0.3, 0.4) is 0 Å². The molecule has 1 aromatic carbocycles. The quantitative estimate of drug-likeness (QED) is 0.857.